The van der Waals surface area contributed by atoms with Crippen LogP contribution in [-0.4, -0.2) is 60.9 Å². The van der Waals surface area contributed by atoms with Crippen molar-refractivity contribution in [2.75, 3.05) is 19.7 Å². The van der Waals surface area contributed by atoms with E-state index in [1.165, 1.54) is 0 Å². The van der Waals surface area contributed by atoms with Crippen molar-refractivity contribution in [3.05, 3.63) is 35.8 Å². The highest BCUT2D eigenvalue weighted by atomic mass is 16.5. The summed E-state index contributed by atoms with van der Waals surface area (Å²) in [4.78, 5) is 14.5. The van der Waals surface area contributed by atoms with Crippen molar-refractivity contribution in [2.24, 2.45) is 7.05 Å². The van der Waals surface area contributed by atoms with Crippen LogP contribution in [0.3, 0.4) is 0 Å². The average Bonchev–Trinajstić information content (AvgIpc) is 3.20. The first-order valence-corrected chi connectivity index (χ1v) is 7.30. The lowest BCUT2D eigenvalue weighted by atomic mass is 10.1. The molecule has 1 aromatic carbocycles. The van der Waals surface area contributed by atoms with Crippen LogP contribution in [0.15, 0.2) is 24.3 Å². The molecule has 2 aromatic heterocycles. The zero-order valence-electron chi connectivity index (χ0n) is 12.5. The van der Waals surface area contributed by atoms with Crippen molar-refractivity contribution in [3.63, 3.8) is 0 Å². The van der Waals surface area contributed by atoms with E-state index in [2.05, 4.69) is 25.7 Å². The normalized spacial score (nSPS) is 18.5. The molecule has 9 heteroatoms. The Morgan fingerprint density at radius 1 is 1.39 bits per heavy atom. The van der Waals surface area contributed by atoms with Crippen LogP contribution in [0.5, 0.6) is 0 Å². The second-order valence-corrected chi connectivity index (χ2v) is 5.39. The number of tetrazole rings is 1. The Morgan fingerprint density at radius 2 is 2.26 bits per heavy atom. The number of benzene rings is 1. The van der Waals surface area contributed by atoms with Gasteiger partial charge in [-0.15, -0.1) is 5.10 Å². The number of hydrogen-bond donors (Lipinski definition) is 1. The van der Waals surface area contributed by atoms with Gasteiger partial charge in [-0.2, -0.15) is 5.10 Å². The van der Waals surface area contributed by atoms with Gasteiger partial charge in [0.05, 0.1) is 18.7 Å². The minimum Gasteiger partial charge on any atom is -0.366 e. The molecule has 1 aliphatic rings. The van der Waals surface area contributed by atoms with Crippen LogP contribution >= 0.6 is 0 Å². The number of carbonyl (C=O) groups excluding carboxylic acids is 1. The van der Waals surface area contributed by atoms with Crippen molar-refractivity contribution >= 4 is 16.8 Å². The number of H-pyrrole nitrogens is 1. The predicted octanol–water partition coefficient (Wildman–Crippen LogP) is 0.300. The first kappa shape index (κ1) is 13.8. The molecule has 23 heavy (non-hydrogen) atoms. The average molecular weight is 313 g/mol. The van der Waals surface area contributed by atoms with Crippen LogP contribution in [0.2, 0.25) is 0 Å². The number of fused-ring (bicyclic) bond motifs is 1. The van der Waals surface area contributed by atoms with Crippen LogP contribution < -0.4 is 0 Å². The van der Waals surface area contributed by atoms with E-state index in [1.807, 2.05) is 24.3 Å². The summed E-state index contributed by atoms with van der Waals surface area (Å²) < 4.78 is 7.26. The monoisotopic (exact) mass is 313 g/mol. The van der Waals surface area contributed by atoms with Gasteiger partial charge < -0.3 is 9.64 Å². The van der Waals surface area contributed by atoms with E-state index in [0.29, 0.717) is 31.2 Å². The maximum Gasteiger partial charge on any atom is 0.275 e. The number of aromatic nitrogens is 6. The summed E-state index contributed by atoms with van der Waals surface area (Å²) in [6.45, 7) is 1.35. The van der Waals surface area contributed by atoms with E-state index in [0.717, 1.165) is 10.9 Å². The topological polar surface area (TPSA) is 102 Å². The first-order chi connectivity index (χ1) is 11.2. The Bertz CT molecular complexity index is 856. The molecule has 4 rings (SSSR count). The molecule has 1 fully saturated rings. The molecule has 9 nitrogen and oxygen atoms in total. The summed E-state index contributed by atoms with van der Waals surface area (Å²) in [6, 6.07) is 7.58. The summed E-state index contributed by atoms with van der Waals surface area (Å²) >= 11 is 0. The van der Waals surface area contributed by atoms with Gasteiger partial charge in [0.2, 0.25) is 0 Å². The highest BCUT2D eigenvalue weighted by Crippen LogP contribution is 2.22. The predicted molar refractivity (Wildman–Crippen MR) is 79.5 cm³/mol. The number of nitrogens with one attached hydrogen (secondary N) is 1. The van der Waals surface area contributed by atoms with E-state index in [4.69, 9.17) is 4.74 Å². The molecular weight excluding hydrogens is 298 g/mol. The number of para-hydroxylation sites is 1. The van der Waals surface area contributed by atoms with Crippen molar-refractivity contribution in [1.82, 2.24) is 35.3 Å². The summed E-state index contributed by atoms with van der Waals surface area (Å²) in [5, 5.41) is 19.3. The molecule has 0 aliphatic carbocycles. The number of aromatic amines is 1. The molecule has 3 aromatic rings. The lowest BCUT2D eigenvalue weighted by molar-refractivity contribution is -0.0285. The van der Waals surface area contributed by atoms with Crippen molar-refractivity contribution in [1.29, 1.82) is 0 Å². The third-order valence-corrected chi connectivity index (χ3v) is 3.97. The minimum atomic E-state index is -0.335. The van der Waals surface area contributed by atoms with Crippen LogP contribution in [0.1, 0.15) is 22.4 Å². The van der Waals surface area contributed by atoms with E-state index in [-0.39, 0.29) is 12.0 Å². The summed E-state index contributed by atoms with van der Waals surface area (Å²) in [5.41, 5.74) is 1.27. The Balaban J connectivity index is 1.60. The van der Waals surface area contributed by atoms with Gasteiger partial charge in [-0.1, -0.05) is 18.2 Å². The quantitative estimate of drug-likeness (QED) is 0.730. The van der Waals surface area contributed by atoms with Crippen molar-refractivity contribution in [3.8, 4) is 0 Å². The first-order valence-electron chi connectivity index (χ1n) is 7.30. The largest absolute Gasteiger partial charge is 0.366 e. The molecule has 1 aliphatic heterocycles. The lowest BCUT2D eigenvalue weighted by Gasteiger charge is -2.31. The van der Waals surface area contributed by atoms with Gasteiger partial charge in [0.15, 0.2) is 11.5 Å². The molecule has 0 bridgehead atoms. The van der Waals surface area contributed by atoms with E-state index in [9.17, 15) is 4.79 Å². The minimum absolute atomic E-state index is 0.120. The van der Waals surface area contributed by atoms with Gasteiger partial charge in [-0.3, -0.25) is 9.89 Å². The number of carbonyl (C=O) groups is 1. The Morgan fingerprint density at radius 3 is 3.09 bits per heavy atom. The third kappa shape index (κ3) is 2.34. The number of rotatable bonds is 2. The third-order valence-electron chi connectivity index (χ3n) is 3.97. The number of ether oxygens (including phenoxy) is 1. The highest BCUT2D eigenvalue weighted by Gasteiger charge is 2.30. The maximum atomic E-state index is 12.8. The molecule has 1 amide bonds. The molecule has 1 saturated heterocycles. The molecule has 1 unspecified atom stereocenters. The second kappa shape index (κ2) is 5.43. The fourth-order valence-electron chi connectivity index (χ4n) is 2.78. The lowest BCUT2D eigenvalue weighted by Crippen LogP contribution is -2.43. The van der Waals surface area contributed by atoms with Crippen LogP contribution in [0.4, 0.5) is 0 Å². The fraction of sp³-hybridized carbons (Fsp3) is 0.357. The van der Waals surface area contributed by atoms with Gasteiger partial charge >= 0.3 is 0 Å². The Hall–Kier alpha value is -2.81. The Labute approximate surface area is 131 Å². The standard InChI is InChI=1S/C14H15N7O2/c1-20-13(17-18-19-20)11-8-21(6-7-23-11)14(22)12-9-4-2-3-5-10(9)15-16-12/h2-5,11H,6-8H2,1H3,(H,15,16). The molecular formula is C14H15N7O2. The molecule has 3 heterocycles. The van der Waals surface area contributed by atoms with Crippen molar-refractivity contribution < 1.29 is 9.53 Å². The number of amides is 1. The maximum absolute atomic E-state index is 12.8. The summed E-state index contributed by atoms with van der Waals surface area (Å²) in [5.74, 6) is 0.486. The van der Waals surface area contributed by atoms with Gasteiger partial charge in [0.1, 0.15) is 6.10 Å². The zero-order chi connectivity index (χ0) is 15.8. The Kier molecular flexibility index (Phi) is 3.27. The molecule has 1 N–H and O–H groups in total. The number of aryl methyl sites for hydroxylation is 1. The van der Waals surface area contributed by atoms with Crippen molar-refractivity contribution in [2.45, 2.75) is 6.10 Å². The van der Waals surface area contributed by atoms with E-state index >= 15 is 0 Å². The number of hydrogen-bond acceptors (Lipinski definition) is 6. The van der Waals surface area contributed by atoms with Crippen LogP contribution in [0.25, 0.3) is 10.9 Å². The summed E-state index contributed by atoms with van der Waals surface area (Å²) in [7, 11) is 1.75. The number of morpholine rings is 1. The highest BCUT2D eigenvalue weighted by molar-refractivity contribution is 6.04. The summed E-state index contributed by atoms with van der Waals surface area (Å²) in [6.07, 6.45) is -0.335. The van der Waals surface area contributed by atoms with Gasteiger partial charge in [-0.25, -0.2) is 4.68 Å². The molecule has 118 valence electrons. The van der Waals surface area contributed by atoms with Crippen LogP contribution in [0, 0.1) is 0 Å². The molecule has 0 radical (unpaired) electrons. The van der Waals surface area contributed by atoms with Gasteiger partial charge in [0.25, 0.3) is 5.91 Å². The SMILES string of the molecule is Cn1nnnc1C1CN(C(=O)c2n[nH]c3ccccc23)CCO1. The number of nitrogens with zero attached hydrogens (tertiary/aromatic N) is 6. The smallest absolute Gasteiger partial charge is 0.275 e. The molecule has 1 atom stereocenters. The second-order valence-electron chi connectivity index (χ2n) is 5.39. The zero-order valence-corrected chi connectivity index (χ0v) is 12.5. The fourth-order valence-corrected chi connectivity index (χ4v) is 2.78. The van der Waals surface area contributed by atoms with E-state index in [1.54, 1.807) is 16.6 Å². The van der Waals surface area contributed by atoms with Crippen LogP contribution in [-0.2, 0) is 11.8 Å². The molecule has 0 spiro atoms. The van der Waals surface area contributed by atoms with Gasteiger partial charge in [-0.05, 0) is 16.5 Å². The molecule has 0 saturated carbocycles. The van der Waals surface area contributed by atoms with E-state index < -0.39 is 0 Å². The van der Waals surface area contributed by atoms with Gasteiger partial charge in [0, 0.05) is 19.0 Å².